The van der Waals surface area contributed by atoms with E-state index in [2.05, 4.69) is 30.0 Å². The van der Waals surface area contributed by atoms with E-state index in [1.54, 1.807) is 4.90 Å². The SMILES string of the molecule is CCn1cc(CN2CCC3(CC2)CC(C(=O)O)N(C(=O)C2CC2)C3)c(C)n1. The average Bonchev–Trinajstić information content (AvgIpc) is 3.35. The Labute approximate surface area is 160 Å². The van der Waals surface area contributed by atoms with Gasteiger partial charge in [-0.3, -0.25) is 14.4 Å². The molecular weight excluding hydrogens is 344 g/mol. The summed E-state index contributed by atoms with van der Waals surface area (Å²) in [5, 5.41) is 14.2. The van der Waals surface area contributed by atoms with Crippen molar-refractivity contribution in [2.45, 2.75) is 65.1 Å². The quantitative estimate of drug-likeness (QED) is 0.851. The van der Waals surface area contributed by atoms with Crippen molar-refractivity contribution in [1.82, 2.24) is 19.6 Å². The van der Waals surface area contributed by atoms with Gasteiger partial charge in [-0.25, -0.2) is 4.79 Å². The monoisotopic (exact) mass is 374 g/mol. The first kappa shape index (κ1) is 18.5. The second-order valence-corrected chi connectivity index (χ2v) is 8.67. The Hall–Kier alpha value is -1.89. The second-order valence-electron chi connectivity index (χ2n) is 8.67. The molecule has 1 atom stereocenters. The molecule has 4 rings (SSSR count). The van der Waals surface area contributed by atoms with E-state index in [1.807, 2.05) is 4.68 Å². The van der Waals surface area contributed by atoms with Crippen LogP contribution >= 0.6 is 0 Å². The number of aromatic nitrogens is 2. The molecule has 1 spiro atoms. The molecule has 7 nitrogen and oxygen atoms in total. The summed E-state index contributed by atoms with van der Waals surface area (Å²) in [7, 11) is 0. The lowest BCUT2D eigenvalue weighted by molar-refractivity contribution is -0.148. The Balaban J connectivity index is 1.39. The van der Waals surface area contributed by atoms with E-state index in [1.165, 1.54) is 5.56 Å². The third-order valence-corrected chi connectivity index (χ3v) is 6.69. The first-order valence-electron chi connectivity index (χ1n) is 10.2. The van der Waals surface area contributed by atoms with Gasteiger partial charge >= 0.3 is 5.97 Å². The van der Waals surface area contributed by atoms with Gasteiger partial charge in [0.15, 0.2) is 0 Å². The van der Waals surface area contributed by atoms with E-state index in [4.69, 9.17) is 0 Å². The normalized spacial score (nSPS) is 25.3. The van der Waals surface area contributed by atoms with Crippen molar-refractivity contribution >= 4 is 11.9 Å². The van der Waals surface area contributed by atoms with Crippen LogP contribution in [0.2, 0.25) is 0 Å². The first-order valence-corrected chi connectivity index (χ1v) is 10.2. The molecule has 1 saturated carbocycles. The van der Waals surface area contributed by atoms with Gasteiger partial charge in [-0.2, -0.15) is 5.10 Å². The summed E-state index contributed by atoms with van der Waals surface area (Å²) < 4.78 is 1.98. The number of hydrogen-bond acceptors (Lipinski definition) is 4. The van der Waals surface area contributed by atoms with Gasteiger partial charge in [-0.15, -0.1) is 0 Å². The van der Waals surface area contributed by atoms with Crippen LogP contribution in [-0.2, 0) is 22.7 Å². The summed E-state index contributed by atoms with van der Waals surface area (Å²) in [6, 6.07) is -0.630. The number of amides is 1. The summed E-state index contributed by atoms with van der Waals surface area (Å²) in [5.74, 6) is -0.685. The molecule has 1 unspecified atom stereocenters. The Bertz CT molecular complexity index is 732. The zero-order valence-electron chi connectivity index (χ0n) is 16.4. The zero-order chi connectivity index (χ0) is 19.2. The fourth-order valence-electron chi connectivity index (χ4n) is 4.74. The minimum Gasteiger partial charge on any atom is -0.480 e. The molecule has 1 aromatic rings. The van der Waals surface area contributed by atoms with Crippen molar-refractivity contribution < 1.29 is 14.7 Å². The molecule has 3 aliphatic rings. The average molecular weight is 374 g/mol. The van der Waals surface area contributed by atoms with Crippen molar-refractivity contribution in [2.75, 3.05) is 19.6 Å². The molecule has 0 radical (unpaired) electrons. The number of carboxylic acids is 1. The van der Waals surface area contributed by atoms with E-state index in [9.17, 15) is 14.7 Å². The third kappa shape index (κ3) is 3.61. The number of carbonyl (C=O) groups is 2. The van der Waals surface area contributed by atoms with Crippen molar-refractivity contribution in [3.05, 3.63) is 17.5 Å². The van der Waals surface area contributed by atoms with Crippen molar-refractivity contribution in [3.8, 4) is 0 Å². The van der Waals surface area contributed by atoms with Crippen LogP contribution < -0.4 is 0 Å². The summed E-state index contributed by atoms with van der Waals surface area (Å²) in [6.45, 7) is 8.46. The van der Waals surface area contributed by atoms with E-state index < -0.39 is 12.0 Å². The lowest BCUT2D eigenvalue weighted by Gasteiger charge is -2.39. The predicted octanol–water partition coefficient (Wildman–Crippen LogP) is 1.89. The maximum atomic E-state index is 12.6. The molecule has 0 bridgehead atoms. The van der Waals surface area contributed by atoms with Crippen LogP contribution in [0.3, 0.4) is 0 Å². The molecule has 3 fully saturated rings. The number of hydrogen-bond donors (Lipinski definition) is 1. The van der Waals surface area contributed by atoms with Gasteiger partial charge in [0.25, 0.3) is 0 Å². The predicted molar refractivity (Wildman–Crippen MR) is 100 cm³/mol. The Kier molecular flexibility index (Phi) is 4.74. The Morgan fingerprint density at radius 2 is 2.00 bits per heavy atom. The Morgan fingerprint density at radius 1 is 1.30 bits per heavy atom. The molecule has 1 aromatic heterocycles. The number of carbonyl (C=O) groups excluding carboxylic acids is 1. The van der Waals surface area contributed by atoms with Crippen LogP contribution in [0.4, 0.5) is 0 Å². The second kappa shape index (κ2) is 6.93. The highest BCUT2D eigenvalue weighted by Crippen LogP contribution is 2.45. The molecule has 0 aromatic carbocycles. The highest BCUT2D eigenvalue weighted by molar-refractivity contribution is 5.87. The summed E-state index contributed by atoms with van der Waals surface area (Å²) in [6.07, 6.45) is 6.52. The molecule has 1 N–H and O–H groups in total. The summed E-state index contributed by atoms with van der Waals surface area (Å²) in [5.41, 5.74) is 2.34. The van der Waals surface area contributed by atoms with Crippen LogP contribution in [0.25, 0.3) is 0 Å². The number of rotatable bonds is 5. The van der Waals surface area contributed by atoms with Crippen LogP contribution in [0.15, 0.2) is 6.20 Å². The number of likely N-dealkylation sites (tertiary alicyclic amines) is 2. The first-order chi connectivity index (χ1) is 12.9. The summed E-state index contributed by atoms with van der Waals surface area (Å²) >= 11 is 0. The molecule has 1 amide bonds. The third-order valence-electron chi connectivity index (χ3n) is 6.69. The standard InChI is InChI=1S/C20H30N4O3/c1-3-23-12-16(14(2)21-23)11-22-8-6-20(7-9-22)10-17(19(26)27)24(13-20)18(25)15-4-5-15/h12,15,17H,3-11,13H2,1-2H3,(H,26,27). The van der Waals surface area contributed by atoms with Crippen LogP contribution in [0.1, 0.15) is 50.3 Å². The lowest BCUT2D eigenvalue weighted by atomic mass is 9.76. The summed E-state index contributed by atoms with van der Waals surface area (Å²) in [4.78, 5) is 28.4. The van der Waals surface area contributed by atoms with Crippen LogP contribution in [0, 0.1) is 18.3 Å². The van der Waals surface area contributed by atoms with E-state index in [0.717, 1.165) is 57.6 Å². The van der Waals surface area contributed by atoms with Crippen LogP contribution in [-0.4, -0.2) is 62.2 Å². The molecular formula is C20H30N4O3. The van der Waals surface area contributed by atoms with E-state index in [0.29, 0.717) is 13.0 Å². The van der Waals surface area contributed by atoms with Gasteiger partial charge in [0.1, 0.15) is 6.04 Å². The van der Waals surface area contributed by atoms with Crippen molar-refractivity contribution in [1.29, 1.82) is 0 Å². The minimum atomic E-state index is -0.842. The molecule has 1 aliphatic carbocycles. The van der Waals surface area contributed by atoms with Gasteiger partial charge in [0.2, 0.25) is 5.91 Å². The molecule has 27 heavy (non-hydrogen) atoms. The minimum absolute atomic E-state index is 0.0211. The zero-order valence-corrected chi connectivity index (χ0v) is 16.4. The maximum Gasteiger partial charge on any atom is 0.326 e. The number of piperidine rings is 1. The van der Waals surface area contributed by atoms with E-state index >= 15 is 0 Å². The van der Waals surface area contributed by atoms with Gasteiger partial charge < -0.3 is 10.0 Å². The Morgan fingerprint density at radius 3 is 2.56 bits per heavy atom. The number of aliphatic carboxylic acids is 1. The topological polar surface area (TPSA) is 78.7 Å². The maximum absolute atomic E-state index is 12.6. The largest absolute Gasteiger partial charge is 0.480 e. The van der Waals surface area contributed by atoms with Gasteiger partial charge in [0.05, 0.1) is 5.69 Å². The van der Waals surface area contributed by atoms with Crippen LogP contribution in [0.5, 0.6) is 0 Å². The highest BCUT2D eigenvalue weighted by Gasteiger charge is 2.51. The smallest absolute Gasteiger partial charge is 0.326 e. The van der Waals surface area contributed by atoms with E-state index in [-0.39, 0.29) is 17.2 Å². The van der Waals surface area contributed by atoms with Crippen molar-refractivity contribution in [2.24, 2.45) is 11.3 Å². The fourth-order valence-corrected chi connectivity index (χ4v) is 4.74. The lowest BCUT2D eigenvalue weighted by Crippen LogP contribution is -2.43. The molecule has 148 valence electrons. The van der Waals surface area contributed by atoms with Gasteiger partial charge in [0, 0.05) is 37.3 Å². The fraction of sp³-hybridized carbons (Fsp3) is 0.750. The van der Waals surface area contributed by atoms with Gasteiger partial charge in [-0.05, 0) is 64.5 Å². The molecule has 2 saturated heterocycles. The molecule has 7 heteroatoms. The number of carboxylic acid groups (broad SMARTS) is 1. The molecule has 3 heterocycles. The van der Waals surface area contributed by atoms with Gasteiger partial charge in [-0.1, -0.05) is 0 Å². The number of nitrogens with zero attached hydrogens (tertiary/aromatic N) is 4. The highest BCUT2D eigenvalue weighted by atomic mass is 16.4. The number of aryl methyl sites for hydroxylation is 2. The van der Waals surface area contributed by atoms with Crippen molar-refractivity contribution in [3.63, 3.8) is 0 Å². The molecule has 2 aliphatic heterocycles.